The molecule has 0 aromatic carbocycles. The van der Waals surface area contributed by atoms with Crippen molar-refractivity contribution in [2.75, 3.05) is 13.1 Å². The first-order valence-corrected chi connectivity index (χ1v) is 5.56. The zero-order chi connectivity index (χ0) is 9.26. The van der Waals surface area contributed by atoms with Gasteiger partial charge in [-0.3, -0.25) is 9.69 Å². The van der Waals surface area contributed by atoms with Crippen molar-refractivity contribution in [3.8, 4) is 0 Å². The monoisotopic (exact) mass is 181 g/mol. The first-order valence-electron chi connectivity index (χ1n) is 5.56. The van der Waals surface area contributed by atoms with Crippen LogP contribution >= 0.6 is 0 Å². The highest BCUT2D eigenvalue weighted by Crippen LogP contribution is 2.27. The normalized spacial score (nSPS) is 36.8. The molecule has 0 aromatic rings. The molecule has 2 rings (SSSR count). The minimum absolute atomic E-state index is 0.274. The number of ketones is 1. The van der Waals surface area contributed by atoms with E-state index in [-0.39, 0.29) is 6.04 Å². The summed E-state index contributed by atoms with van der Waals surface area (Å²) in [7, 11) is 0. The number of hydrogen-bond donors (Lipinski definition) is 0. The maximum absolute atomic E-state index is 11.8. The number of carbonyl (C=O) groups is 1. The lowest BCUT2D eigenvalue weighted by molar-refractivity contribution is -0.127. The van der Waals surface area contributed by atoms with Gasteiger partial charge in [0.1, 0.15) is 5.78 Å². The van der Waals surface area contributed by atoms with E-state index in [2.05, 4.69) is 11.8 Å². The van der Waals surface area contributed by atoms with Gasteiger partial charge in [-0.2, -0.15) is 0 Å². The van der Waals surface area contributed by atoms with Gasteiger partial charge in [0.15, 0.2) is 0 Å². The lowest BCUT2D eigenvalue weighted by atomic mass is 9.84. The first kappa shape index (κ1) is 9.20. The van der Waals surface area contributed by atoms with Gasteiger partial charge in [0.2, 0.25) is 0 Å². The van der Waals surface area contributed by atoms with Crippen molar-refractivity contribution in [2.45, 2.75) is 45.1 Å². The summed E-state index contributed by atoms with van der Waals surface area (Å²) < 4.78 is 0. The van der Waals surface area contributed by atoms with Gasteiger partial charge in [0.25, 0.3) is 0 Å². The van der Waals surface area contributed by atoms with Crippen LogP contribution in [0.25, 0.3) is 0 Å². The Labute approximate surface area is 80.3 Å². The summed E-state index contributed by atoms with van der Waals surface area (Å²) >= 11 is 0. The Hall–Kier alpha value is -0.370. The highest BCUT2D eigenvalue weighted by Gasteiger charge is 2.34. The Morgan fingerprint density at radius 3 is 2.54 bits per heavy atom. The SMILES string of the molecule is CC1CCCC(=O)C1N1CCCC1. The third-order valence-corrected chi connectivity index (χ3v) is 3.49. The van der Waals surface area contributed by atoms with Gasteiger partial charge in [-0.15, -0.1) is 0 Å². The van der Waals surface area contributed by atoms with E-state index in [1.807, 2.05) is 0 Å². The van der Waals surface area contributed by atoms with Gasteiger partial charge >= 0.3 is 0 Å². The highest BCUT2D eigenvalue weighted by atomic mass is 16.1. The zero-order valence-corrected chi connectivity index (χ0v) is 8.46. The molecule has 1 saturated carbocycles. The minimum atomic E-state index is 0.274. The summed E-state index contributed by atoms with van der Waals surface area (Å²) in [5.74, 6) is 1.10. The molecule has 2 heteroatoms. The number of hydrogen-bond acceptors (Lipinski definition) is 2. The molecule has 2 fully saturated rings. The molecule has 0 N–H and O–H groups in total. The van der Waals surface area contributed by atoms with Crippen LogP contribution in [-0.2, 0) is 4.79 Å². The molecule has 2 atom stereocenters. The fourth-order valence-electron chi connectivity index (χ4n) is 2.80. The number of rotatable bonds is 1. The van der Waals surface area contributed by atoms with Gasteiger partial charge < -0.3 is 0 Å². The van der Waals surface area contributed by atoms with Gasteiger partial charge in [-0.1, -0.05) is 6.92 Å². The molecule has 0 bridgehead atoms. The molecule has 2 aliphatic rings. The topological polar surface area (TPSA) is 20.3 Å². The van der Waals surface area contributed by atoms with E-state index < -0.39 is 0 Å². The Morgan fingerprint density at radius 2 is 1.92 bits per heavy atom. The largest absolute Gasteiger partial charge is 0.298 e. The molecular formula is C11H19NO. The molecular weight excluding hydrogens is 162 g/mol. The van der Waals surface area contributed by atoms with E-state index >= 15 is 0 Å². The van der Waals surface area contributed by atoms with Crippen LogP contribution in [0.5, 0.6) is 0 Å². The Kier molecular flexibility index (Phi) is 2.68. The predicted molar refractivity (Wildman–Crippen MR) is 52.6 cm³/mol. The molecule has 74 valence electrons. The molecule has 0 spiro atoms. The van der Waals surface area contributed by atoms with Crippen molar-refractivity contribution < 1.29 is 4.79 Å². The number of carbonyl (C=O) groups excluding carboxylic acids is 1. The van der Waals surface area contributed by atoms with E-state index in [1.165, 1.54) is 19.3 Å². The summed E-state index contributed by atoms with van der Waals surface area (Å²) in [6, 6.07) is 0.274. The van der Waals surface area contributed by atoms with Crippen LogP contribution in [0, 0.1) is 5.92 Å². The fourth-order valence-corrected chi connectivity index (χ4v) is 2.80. The summed E-state index contributed by atoms with van der Waals surface area (Å²) in [6.45, 7) is 4.54. The summed E-state index contributed by atoms with van der Waals surface area (Å²) in [5, 5.41) is 0. The molecule has 1 aliphatic carbocycles. The van der Waals surface area contributed by atoms with Gasteiger partial charge in [-0.25, -0.2) is 0 Å². The van der Waals surface area contributed by atoms with Crippen LogP contribution in [0.1, 0.15) is 39.0 Å². The number of likely N-dealkylation sites (tertiary alicyclic amines) is 1. The summed E-state index contributed by atoms with van der Waals surface area (Å²) in [5.41, 5.74) is 0. The average Bonchev–Trinajstić information content (AvgIpc) is 2.57. The number of Topliss-reactive ketones (excluding diaryl/α,β-unsaturated/α-hetero) is 1. The third kappa shape index (κ3) is 1.78. The van der Waals surface area contributed by atoms with Crippen molar-refractivity contribution >= 4 is 5.78 Å². The second-order valence-corrected chi connectivity index (χ2v) is 4.52. The van der Waals surface area contributed by atoms with Crippen LogP contribution in [-0.4, -0.2) is 29.8 Å². The lowest BCUT2D eigenvalue weighted by Crippen LogP contribution is -2.45. The standard InChI is InChI=1S/C11H19NO/c1-9-5-4-6-10(13)11(9)12-7-2-3-8-12/h9,11H,2-8H2,1H3. The smallest absolute Gasteiger partial charge is 0.150 e. The maximum atomic E-state index is 11.8. The molecule has 2 nitrogen and oxygen atoms in total. The van der Waals surface area contributed by atoms with Crippen LogP contribution in [0.3, 0.4) is 0 Å². The van der Waals surface area contributed by atoms with Crippen molar-refractivity contribution in [3.05, 3.63) is 0 Å². The average molecular weight is 181 g/mol. The predicted octanol–water partition coefficient (Wildman–Crippen LogP) is 1.84. The van der Waals surface area contributed by atoms with Crippen LogP contribution in [0.4, 0.5) is 0 Å². The molecule has 1 aliphatic heterocycles. The lowest BCUT2D eigenvalue weighted by Gasteiger charge is -2.34. The molecule has 0 radical (unpaired) electrons. The van der Waals surface area contributed by atoms with E-state index in [4.69, 9.17) is 0 Å². The van der Waals surface area contributed by atoms with Crippen LogP contribution in [0.15, 0.2) is 0 Å². The van der Waals surface area contributed by atoms with E-state index in [0.717, 1.165) is 25.9 Å². The molecule has 1 saturated heterocycles. The van der Waals surface area contributed by atoms with Crippen LogP contribution in [0.2, 0.25) is 0 Å². The van der Waals surface area contributed by atoms with Crippen molar-refractivity contribution in [2.24, 2.45) is 5.92 Å². The van der Waals surface area contributed by atoms with Gasteiger partial charge in [0, 0.05) is 6.42 Å². The molecule has 0 amide bonds. The first-order chi connectivity index (χ1) is 6.29. The van der Waals surface area contributed by atoms with Gasteiger partial charge in [0.05, 0.1) is 6.04 Å². The van der Waals surface area contributed by atoms with Crippen molar-refractivity contribution in [1.82, 2.24) is 4.90 Å². The molecule has 1 heterocycles. The summed E-state index contributed by atoms with van der Waals surface area (Å²) in [6.07, 6.45) is 5.76. The highest BCUT2D eigenvalue weighted by molar-refractivity contribution is 5.85. The van der Waals surface area contributed by atoms with Gasteiger partial charge in [-0.05, 0) is 44.7 Å². The molecule has 13 heavy (non-hydrogen) atoms. The van der Waals surface area contributed by atoms with E-state index in [9.17, 15) is 4.79 Å². The Balaban J connectivity index is 2.04. The molecule has 0 aromatic heterocycles. The second-order valence-electron chi connectivity index (χ2n) is 4.52. The third-order valence-electron chi connectivity index (χ3n) is 3.49. The second kappa shape index (κ2) is 3.79. The minimum Gasteiger partial charge on any atom is -0.298 e. The van der Waals surface area contributed by atoms with Crippen molar-refractivity contribution in [1.29, 1.82) is 0 Å². The fraction of sp³-hybridized carbons (Fsp3) is 0.909. The molecule has 2 unspecified atom stereocenters. The maximum Gasteiger partial charge on any atom is 0.150 e. The summed E-state index contributed by atoms with van der Waals surface area (Å²) in [4.78, 5) is 14.2. The van der Waals surface area contributed by atoms with Crippen molar-refractivity contribution in [3.63, 3.8) is 0 Å². The zero-order valence-electron chi connectivity index (χ0n) is 8.46. The van der Waals surface area contributed by atoms with Crippen LogP contribution < -0.4 is 0 Å². The quantitative estimate of drug-likeness (QED) is 0.615. The Bertz CT molecular complexity index is 196. The Morgan fingerprint density at radius 1 is 1.23 bits per heavy atom. The van der Waals surface area contributed by atoms with E-state index in [0.29, 0.717) is 11.7 Å². The van der Waals surface area contributed by atoms with E-state index in [1.54, 1.807) is 0 Å². The number of nitrogens with zero attached hydrogens (tertiary/aromatic N) is 1.